The summed E-state index contributed by atoms with van der Waals surface area (Å²) in [6.45, 7) is 10.2. The Morgan fingerprint density at radius 2 is 1.73 bits per heavy atom. The third kappa shape index (κ3) is 7.25. The van der Waals surface area contributed by atoms with Crippen LogP contribution in [-0.4, -0.2) is 29.1 Å². The van der Waals surface area contributed by atoms with E-state index in [0.29, 0.717) is 5.92 Å². The number of amides is 1. The van der Waals surface area contributed by atoms with Crippen molar-refractivity contribution < 1.29 is 14.7 Å². The molecule has 0 heterocycles. The Hall–Kier alpha value is -1.10. The van der Waals surface area contributed by atoms with Crippen LogP contribution in [-0.2, 0) is 9.59 Å². The van der Waals surface area contributed by atoms with Crippen molar-refractivity contribution >= 4 is 11.9 Å². The Morgan fingerprint density at radius 3 is 2.18 bits per heavy atom. The van der Waals surface area contributed by atoms with E-state index in [0.717, 1.165) is 25.7 Å². The van der Waals surface area contributed by atoms with Crippen molar-refractivity contribution in [3.63, 3.8) is 0 Å². The molecular weight excluding hydrogens is 280 g/mol. The predicted molar refractivity (Wildman–Crippen MR) is 89.5 cm³/mol. The van der Waals surface area contributed by atoms with Crippen LogP contribution in [0.1, 0.15) is 66.7 Å². The van der Waals surface area contributed by atoms with Gasteiger partial charge in [0.15, 0.2) is 0 Å². The van der Waals surface area contributed by atoms with Gasteiger partial charge in [-0.25, -0.2) is 0 Å². The number of aliphatic carboxylic acids is 1. The van der Waals surface area contributed by atoms with Crippen molar-refractivity contribution in [2.75, 3.05) is 0 Å². The number of hydrogen-bond acceptors (Lipinski definition) is 3. The Balaban J connectivity index is 4.82. The SMILES string of the molecule is CCCCC(C)C(C)C(CC(=O)O)NC(=O)C(N)C(C)CC. The highest BCUT2D eigenvalue weighted by atomic mass is 16.4. The van der Waals surface area contributed by atoms with Crippen molar-refractivity contribution in [2.45, 2.75) is 78.8 Å². The number of rotatable bonds is 11. The van der Waals surface area contributed by atoms with Gasteiger partial charge in [-0.2, -0.15) is 0 Å². The van der Waals surface area contributed by atoms with Crippen molar-refractivity contribution in [3.05, 3.63) is 0 Å². The first-order valence-electron chi connectivity index (χ1n) is 8.52. The number of carbonyl (C=O) groups is 2. The lowest BCUT2D eigenvalue weighted by atomic mass is 9.83. The molecule has 0 aliphatic heterocycles. The summed E-state index contributed by atoms with van der Waals surface area (Å²) in [7, 11) is 0. The van der Waals surface area contributed by atoms with Crippen LogP contribution < -0.4 is 11.1 Å². The first kappa shape index (κ1) is 20.9. The smallest absolute Gasteiger partial charge is 0.305 e. The molecule has 4 N–H and O–H groups in total. The summed E-state index contributed by atoms with van der Waals surface area (Å²) in [5, 5.41) is 12.0. The number of carboxylic acids is 1. The second kappa shape index (κ2) is 10.6. The van der Waals surface area contributed by atoms with E-state index in [9.17, 15) is 9.59 Å². The van der Waals surface area contributed by atoms with Gasteiger partial charge < -0.3 is 16.2 Å². The minimum atomic E-state index is -0.892. The predicted octanol–water partition coefficient (Wildman–Crippen LogP) is 2.78. The number of hydrogen-bond donors (Lipinski definition) is 3. The monoisotopic (exact) mass is 314 g/mol. The van der Waals surface area contributed by atoms with E-state index in [2.05, 4.69) is 19.2 Å². The van der Waals surface area contributed by atoms with Crippen LogP contribution in [0.5, 0.6) is 0 Å². The average molecular weight is 314 g/mol. The van der Waals surface area contributed by atoms with Gasteiger partial charge in [-0.1, -0.05) is 60.3 Å². The van der Waals surface area contributed by atoms with Crippen LogP contribution in [0.15, 0.2) is 0 Å². The molecule has 0 spiro atoms. The first-order valence-corrected chi connectivity index (χ1v) is 8.52. The van der Waals surface area contributed by atoms with Gasteiger partial charge in [0.05, 0.1) is 12.5 Å². The molecule has 5 nitrogen and oxygen atoms in total. The van der Waals surface area contributed by atoms with Crippen LogP contribution >= 0.6 is 0 Å². The molecule has 0 fully saturated rings. The second-order valence-electron chi connectivity index (χ2n) is 6.60. The summed E-state index contributed by atoms with van der Waals surface area (Å²) in [4.78, 5) is 23.4. The molecule has 0 aromatic carbocycles. The van der Waals surface area contributed by atoms with Gasteiger partial charge in [-0.15, -0.1) is 0 Å². The summed E-state index contributed by atoms with van der Waals surface area (Å²) in [5.74, 6) is -0.578. The fourth-order valence-corrected chi connectivity index (χ4v) is 2.53. The van der Waals surface area contributed by atoms with Gasteiger partial charge >= 0.3 is 5.97 Å². The maximum Gasteiger partial charge on any atom is 0.305 e. The fraction of sp³-hybridized carbons (Fsp3) is 0.882. The van der Waals surface area contributed by atoms with E-state index in [1.165, 1.54) is 0 Å². The molecule has 0 rings (SSSR count). The third-order valence-corrected chi connectivity index (χ3v) is 4.83. The molecule has 0 aromatic heterocycles. The van der Waals surface area contributed by atoms with Crippen molar-refractivity contribution in [3.8, 4) is 0 Å². The van der Waals surface area contributed by atoms with Gasteiger partial charge in [0.2, 0.25) is 5.91 Å². The third-order valence-electron chi connectivity index (χ3n) is 4.83. The molecule has 5 unspecified atom stereocenters. The number of unbranched alkanes of at least 4 members (excludes halogenated alkanes) is 1. The minimum absolute atomic E-state index is 0.0589. The number of carbonyl (C=O) groups excluding carboxylic acids is 1. The van der Waals surface area contributed by atoms with Gasteiger partial charge in [0.25, 0.3) is 0 Å². The summed E-state index contributed by atoms with van der Waals surface area (Å²) in [6.07, 6.45) is 4.04. The van der Waals surface area contributed by atoms with E-state index in [4.69, 9.17) is 10.8 Å². The molecule has 5 atom stereocenters. The zero-order valence-corrected chi connectivity index (χ0v) is 14.8. The minimum Gasteiger partial charge on any atom is -0.481 e. The second-order valence-corrected chi connectivity index (χ2v) is 6.60. The first-order chi connectivity index (χ1) is 10.2. The zero-order valence-electron chi connectivity index (χ0n) is 14.8. The fourth-order valence-electron chi connectivity index (χ4n) is 2.53. The molecular formula is C17H34N2O3. The van der Waals surface area contributed by atoms with Gasteiger partial charge in [0.1, 0.15) is 0 Å². The molecule has 0 saturated carbocycles. The normalized spacial score (nSPS) is 18.1. The lowest BCUT2D eigenvalue weighted by molar-refractivity contribution is -0.138. The van der Waals surface area contributed by atoms with Crippen molar-refractivity contribution in [2.24, 2.45) is 23.5 Å². The van der Waals surface area contributed by atoms with Crippen LogP contribution in [0.4, 0.5) is 0 Å². The van der Waals surface area contributed by atoms with E-state index in [1.54, 1.807) is 0 Å². The van der Waals surface area contributed by atoms with Crippen molar-refractivity contribution in [1.82, 2.24) is 5.32 Å². The number of nitrogens with one attached hydrogen (secondary N) is 1. The molecule has 0 saturated heterocycles. The molecule has 0 bridgehead atoms. The Morgan fingerprint density at radius 1 is 1.14 bits per heavy atom. The van der Waals surface area contributed by atoms with Crippen LogP contribution in [0, 0.1) is 17.8 Å². The molecule has 1 amide bonds. The largest absolute Gasteiger partial charge is 0.481 e. The van der Waals surface area contributed by atoms with E-state index < -0.39 is 12.0 Å². The van der Waals surface area contributed by atoms with Crippen molar-refractivity contribution in [1.29, 1.82) is 0 Å². The topological polar surface area (TPSA) is 92.4 Å². The maximum atomic E-state index is 12.2. The Kier molecular flexibility index (Phi) is 10.1. The number of nitrogens with two attached hydrogens (primary N) is 1. The quantitative estimate of drug-likeness (QED) is 0.547. The van der Waals surface area contributed by atoms with Crippen LogP contribution in [0.25, 0.3) is 0 Å². The molecule has 5 heteroatoms. The van der Waals surface area contributed by atoms with E-state index in [-0.39, 0.29) is 30.2 Å². The maximum absolute atomic E-state index is 12.2. The van der Waals surface area contributed by atoms with Crippen LogP contribution in [0.2, 0.25) is 0 Å². The summed E-state index contributed by atoms with van der Waals surface area (Å²) in [6, 6.07) is -0.952. The van der Waals surface area contributed by atoms with E-state index in [1.807, 2.05) is 20.8 Å². The summed E-state index contributed by atoms with van der Waals surface area (Å²) < 4.78 is 0. The Labute approximate surface area is 135 Å². The highest BCUT2D eigenvalue weighted by molar-refractivity contribution is 5.82. The highest BCUT2D eigenvalue weighted by Crippen LogP contribution is 2.23. The molecule has 130 valence electrons. The summed E-state index contributed by atoms with van der Waals surface area (Å²) in [5.41, 5.74) is 5.95. The van der Waals surface area contributed by atoms with Gasteiger partial charge in [-0.3, -0.25) is 9.59 Å². The summed E-state index contributed by atoms with van der Waals surface area (Å²) >= 11 is 0. The zero-order chi connectivity index (χ0) is 17.3. The highest BCUT2D eigenvalue weighted by Gasteiger charge is 2.29. The molecule has 0 aromatic rings. The molecule has 22 heavy (non-hydrogen) atoms. The van der Waals surface area contributed by atoms with Crippen LogP contribution in [0.3, 0.4) is 0 Å². The standard InChI is InChI=1S/C17H34N2O3/c1-6-8-9-12(4)13(5)14(10-15(20)21)19-17(22)16(18)11(3)7-2/h11-14,16H,6-10,18H2,1-5H3,(H,19,22)(H,20,21). The molecule has 0 radical (unpaired) electrons. The lowest BCUT2D eigenvalue weighted by Gasteiger charge is -2.30. The number of carboxylic acid groups (broad SMARTS) is 1. The molecule has 0 aliphatic rings. The Bertz CT molecular complexity index is 347. The molecule has 0 aliphatic carbocycles. The lowest BCUT2D eigenvalue weighted by Crippen LogP contribution is -2.51. The van der Waals surface area contributed by atoms with E-state index >= 15 is 0 Å². The van der Waals surface area contributed by atoms with Gasteiger partial charge in [-0.05, 0) is 17.8 Å². The average Bonchev–Trinajstić information content (AvgIpc) is 2.48. The van der Waals surface area contributed by atoms with Gasteiger partial charge in [0, 0.05) is 6.04 Å².